The van der Waals surface area contributed by atoms with Crippen LogP contribution in [0.15, 0.2) is 18.3 Å². The molecular formula is C19H28N2O2. The van der Waals surface area contributed by atoms with Gasteiger partial charge in [-0.15, -0.1) is 0 Å². The van der Waals surface area contributed by atoms with Crippen molar-refractivity contribution in [2.24, 2.45) is 5.41 Å². The quantitative estimate of drug-likeness (QED) is 0.722. The van der Waals surface area contributed by atoms with Crippen LogP contribution in [0.1, 0.15) is 64.1 Å². The van der Waals surface area contributed by atoms with Crippen molar-refractivity contribution in [1.82, 2.24) is 9.88 Å². The van der Waals surface area contributed by atoms with Crippen LogP contribution in [-0.4, -0.2) is 34.7 Å². The van der Waals surface area contributed by atoms with E-state index in [2.05, 4.69) is 18.0 Å². The van der Waals surface area contributed by atoms with Crippen LogP contribution in [0.4, 0.5) is 4.79 Å². The van der Waals surface area contributed by atoms with Crippen molar-refractivity contribution in [2.45, 2.75) is 64.9 Å². The minimum atomic E-state index is -0.420. The molecule has 0 N–H and O–H groups in total. The molecule has 2 heterocycles. The zero-order chi connectivity index (χ0) is 16.7. The molecule has 2 aliphatic rings. The molecule has 1 amide bonds. The lowest BCUT2D eigenvalue weighted by molar-refractivity contribution is 0.00708. The Kier molecular flexibility index (Phi) is 4.11. The Labute approximate surface area is 139 Å². The molecule has 0 saturated carbocycles. The minimum Gasteiger partial charge on any atom is -0.444 e. The average Bonchev–Trinajstić information content (AvgIpc) is 2.46. The van der Waals surface area contributed by atoms with Gasteiger partial charge in [0.25, 0.3) is 0 Å². The van der Waals surface area contributed by atoms with Gasteiger partial charge < -0.3 is 9.64 Å². The van der Waals surface area contributed by atoms with E-state index >= 15 is 0 Å². The van der Waals surface area contributed by atoms with Crippen molar-refractivity contribution in [2.75, 3.05) is 13.1 Å². The number of pyridine rings is 1. The molecule has 1 saturated heterocycles. The van der Waals surface area contributed by atoms with Gasteiger partial charge >= 0.3 is 6.09 Å². The summed E-state index contributed by atoms with van der Waals surface area (Å²) >= 11 is 0. The van der Waals surface area contributed by atoms with Gasteiger partial charge in [0.05, 0.1) is 0 Å². The highest BCUT2D eigenvalue weighted by atomic mass is 16.6. The molecule has 0 bridgehead atoms. The van der Waals surface area contributed by atoms with Crippen LogP contribution in [0.25, 0.3) is 0 Å². The molecule has 1 aromatic rings. The van der Waals surface area contributed by atoms with Crippen LogP contribution in [0.2, 0.25) is 0 Å². The molecule has 1 fully saturated rings. The third-order valence-electron chi connectivity index (χ3n) is 5.17. The smallest absolute Gasteiger partial charge is 0.410 e. The summed E-state index contributed by atoms with van der Waals surface area (Å²) in [5.41, 5.74) is 2.58. The predicted octanol–water partition coefficient (Wildman–Crippen LogP) is 4.15. The van der Waals surface area contributed by atoms with E-state index in [0.29, 0.717) is 11.3 Å². The van der Waals surface area contributed by atoms with E-state index in [1.54, 1.807) is 0 Å². The van der Waals surface area contributed by atoms with Crippen molar-refractivity contribution in [3.8, 4) is 0 Å². The van der Waals surface area contributed by atoms with Crippen molar-refractivity contribution >= 4 is 6.09 Å². The molecule has 4 nitrogen and oxygen atoms in total. The summed E-state index contributed by atoms with van der Waals surface area (Å²) in [5.74, 6) is 0.507. The van der Waals surface area contributed by atoms with Gasteiger partial charge in [0.15, 0.2) is 0 Å². The van der Waals surface area contributed by atoms with Crippen molar-refractivity contribution < 1.29 is 9.53 Å². The number of nitrogens with zero attached hydrogens (tertiary/aromatic N) is 2. The van der Waals surface area contributed by atoms with E-state index in [0.717, 1.165) is 32.4 Å². The molecule has 1 unspecified atom stereocenters. The summed E-state index contributed by atoms with van der Waals surface area (Å²) in [4.78, 5) is 18.7. The second-order valence-electron chi connectivity index (χ2n) is 8.30. The number of carbonyl (C=O) groups is 1. The summed E-state index contributed by atoms with van der Waals surface area (Å²) in [6, 6.07) is 4.26. The summed E-state index contributed by atoms with van der Waals surface area (Å²) in [6.45, 7) is 9.65. The lowest BCUT2D eigenvalue weighted by Crippen LogP contribution is -2.47. The van der Waals surface area contributed by atoms with E-state index in [-0.39, 0.29) is 6.09 Å². The Morgan fingerprint density at radius 2 is 2.04 bits per heavy atom. The number of carbonyl (C=O) groups excluding carboxylic acids is 1. The highest BCUT2D eigenvalue weighted by Gasteiger charge is 2.41. The number of hydrogen-bond donors (Lipinski definition) is 0. The van der Waals surface area contributed by atoms with Gasteiger partial charge in [0.1, 0.15) is 5.60 Å². The first-order chi connectivity index (χ1) is 10.8. The molecular weight excluding hydrogens is 288 g/mol. The van der Waals surface area contributed by atoms with Crippen LogP contribution in [-0.2, 0) is 11.2 Å². The molecule has 1 aliphatic heterocycles. The molecule has 1 atom stereocenters. The van der Waals surface area contributed by atoms with Crippen LogP contribution in [0, 0.1) is 5.41 Å². The molecule has 3 rings (SSSR count). The highest BCUT2D eigenvalue weighted by Crippen LogP contribution is 2.47. The Morgan fingerprint density at radius 3 is 2.70 bits per heavy atom. The Hall–Kier alpha value is -1.58. The highest BCUT2D eigenvalue weighted by molar-refractivity contribution is 5.68. The van der Waals surface area contributed by atoms with E-state index in [4.69, 9.17) is 4.74 Å². The molecule has 23 heavy (non-hydrogen) atoms. The first-order valence-electron chi connectivity index (χ1n) is 8.70. The maximum absolute atomic E-state index is 12.2. The number of ether oxygens (including phenoxy) is 1. The summed E-state index contributed by atoms with van der Waals surface area (Å²) in [6.07, 6.45) is 6.13. The van der Waals surface area contributed by atoms with Gasteiger partial charge in [-0.05, 0) is 69.4 Å². The third-order valence-corrected chi connectivity index (χ3v) is 5.17. The number of fused-ring (bicyclic) bond motifs is 1. The number of rotatable bonds is 0. The van der Waals surface area contributed by atoms with Crippen molar-refractivity contribution in [3.05, 3.63) is 29.6 Å². The van der Waals surface area contributed by atoms with Gasteiger partial charge in [-0.2, -0.15) is 0 Å². The predicted molar refractivity (Wildman–Crippen MR) is 90.4 cm³/mol. The molecule has 1 aliphatic carbocycles. The van der Waals surface area contributed by atoms with Crippen LogP contribution >= 0.6 is 0 Å². The van der Waals surface area contributed by atoms with Gasteiger partial charge in [-0.1, -0.05) is 13.0 Å². The largest absolute Gasteiger partial charge is 0.444 e. The van der Waals surface area contributed by atoms with Crippen LogP contribution in [0.5, 0.6) is 0 Å². The van der Waals surface area contributed by atoms with Gasteiger partial charge in [0, 0.05) is 25.0 Å². The Bertz CT molecular complexity index is 583. The number of aromatic nitrogens is 1. The Morgan fingerprint density at radius 1 is 1.35 bits per heavy atom. The van der Waals surface area contributed by atoms with Crippen LogP contribution < -0.4 is 0 Å². The summed E-state index contributed by atoms with van der Waals surface area (Å²) < 4.78 is 5.51. The van der Waals surface area contributed by atoms with Gasteiger partial charge in [-0.3, -0.25) is 4.98 Å². The van der Waals surface area contributed by atoms with Crippen LogP contribution in [0.3, 0.4) is 0 Å². The summed E-state index contributed by atoms with van der Waals surface area (Å²) in [5, 5.41) is 0. The Balaban J connectivity index is 1.66. The van der Waals surface area contributed by atoms with Crippen molar-refractivity contribution in [1.29, 1.82) is 0 Å². The molecule has 0 radical (unpaired) electrons. The fourth-order valence-electron chi connectivity index (χ4n) is 4.14. The number of amides is 1. The molecule has 126 valence electrons. The number of likely N-dealkylation sites (tertiary alicyclic amines) is 1. The van der Waals surface area contributed by atoms with E-state index in [1.165, 1.54) is 17.7 Å². The fraction of sp³-hybridized carbons (Fsp3) is 0.684. The first-order valence-corrected chi connectivity index (χ1v) is 8.70. The second kappa shape index (κ2) is 5.81. The van der Waals surface area contributed by atoms with E-state index < -0.39 is 5.60 Å². The maximum atomic E-state index is 12.2. The van der Waals surface area contributed by atoms with E-state index in [1.807, 2.05) is 37.9 Å². The molecule has 1 aromatic heterocycles. The fourth-order valence-corrected chi connectivity index (χ4v) is 4.14. The van der Waals surface area contributed by atoms with Gasteiger partial charge in [0.2, 0.25) is 0 Å². The summed E-state index contributed by atoms with van der Waals surface area (Å²) in [7, 11) is 0. The minimum absolute atomic E-state index is 0.168. The average molecular weight is 316 g/mol. The van der Waals surface area contributed by atoms with E-state index in [9.17, 15) is 4.79 Å². The monoisotopic (exact) mass is 316 g/mol. The normalized spacial score (nSPS) is 23.5. The zero-order valence-electron chi connectivity index (χ0n) is 14.8. The molecule has 4 heteroatoms. The molecule has 1 spiro atoms. The topological polar surface area (TPSA) is 42.4 Å². The van der Waals surface area contributed by atoms with Crippen molar-refractivity contribution in [3.63, 3.8) is 0 Å². The zero-order valence-corrected chi connectivity index (χ0v) is 14.8. The lowest BCUT2D eigenvalue weighted by atomic mass is 9.64. The SMILES string of the molecule is CC1CC2(CCN(C(=O)OC(C)(C)C)CC2)Cc2cccnc21. The second-order valence-corrected chi connectivity index (χ2v) is 8.30. The maximum Gasteiger partial charge on any atom is 0.410 e. The lowest BCUT2D eigenvalue weighted by Gasteiger charge is -2.46. The number of hydrogen-bond acceptors (Lipinski definition) is 3. The first kappa shape index (κ1) is 16.3. The standard InChI is InChI=1S/C19H28N2O2/c1-14-12-19(13-15-6-5-9-20-16(14)15)7-10-21(11-8-19)17(22)23-18(2,3)4/h5-6,9,14H,7-8,10-13H2,1-4H3. The number of piperidine rings is 1. The molecule has 0 aromatic carbocycles. The third kappa shape index (κ3) is 3.51. The van der Waals surface area contributed by atoms with Gasteiger partial charge in [-0.25, -0.2) is 4.79 Å².